The smallest absolute Gasteiger partial charge is 0.247 e. The number of carbonyl (C=O) groups excluding carboxylic acids is 1. The second-order valence-corrected chi connectivity index (χ2v) is 4.51. The quantitative estimate of drug-likeness (QED) is 0.787. The molecule has 15 heavy (non-hydrogen) atoms. The zero-order valence-corrected chi connectivity index (χ0v) is 9.30. The molecule has 1 N–H and O–H groups in total. The van der Waals surface area contributed by atoms with E-state index in [4.69, 9.17) is 0 Å². The van der Waals surface area contributed by atoms with Crippen LogP contribution in [0.4, 0.5) is 0 Å². The van der Waals surface area contributed by atoms with Gasteiger partial charge in [-0.1, -0.05) is 19.1 Å². The summed E-state index contributed by atoms with van der Waals surface area (Å²) in [7, 11) is 0. The number of thioether (sulfide) groups is 1. The van der Waals surface area contributed by atoms with E-state index in [2.05, 4.69) is 29.4 Å². The normalized spacial score (nSPS) is 15.0. The number of nitrogens with one attached hydrogen (secondary N) is 1. The van der Waals surface area contributed by atoms with E-state index in [1.807, 2.05) is 12.1 Å². The third kappa shape index (κ3) is 2.39. The topological polar surface area (TPSA) is 41.5 Å². The second-order valence-electron chi connectivity index (χ2n) is 3.17. The molecule has 0 spiro atoms. The molecule has 0 saturated carbocycles. The van der Waals surface area contributed by atoms with Gasteiger partial charge in [0.1, 0.15) is 12.4 Å². The van der Waals surface area contributed by atoms with Gasteiger partial charge in [0, 0.05) is 10.5 Å². The van der Waals surface area contributed by atoms with E-state index in [0.29, 0.717) is 5.84 Å². The van der Waals surface area contributed by atoms with Crippen LogP contribution >= 0.6 is 11.8 Å². The molecule has 1 aliphatic rings. The largest absolute Gasteiger partial charge is 0.309 e. The van der Waals surface area contributed by atoms with Crippen molar-refractivity contribution in [3.63, 3.8) is 0 Å². The Bertz CT molecular complexity index is 398. The lowest BCUT2D eigenvalue weighted by Crippen LogP contribution is -2.25. The number of carbonyl (C=O) groups is 1. The van der Waals surface area contributed by atoms with Crippen LogP contribution in [0.3, 0.4) is 0 Å². The Morgan fingerprint density at radius 3 is 2.67 bits per heavy atom. The van der Waals surface area contributed by atoms with E-state index in [1.165, 1.54) is 4.90 Å². The number of amides is 1. The lowest BCUT2D eigenvalue weighted by Gasteiger charge is -2.02. The summed E-state index contributed by atoms with van der Waals surface area (Å²) < 4.78 is 0. The fourth-order valence-corrected chi connectivity index (χ4v) is 2.06. The van der Waals surface area contributed by atoms with Crippen LogP contribution < -0.4 is 5.32 Å². The van der Waals surface area contributed by atoms with Crippen LogP contribution in [0.1, 0.15) is 12.5 Å². The minimum atomic E-state index is -0.0305. The van der Waals surface area contributed by atoms with E-state index < -0.39 is 0 Å². The molecule has 0 bridgehead atoms. The molecule has 3 nitrogen and oxygen atoms in total. The van der Waals surface area contributed by atoms with Gasteiger partial charge in [-0.05, 0) is 17.9 Å². The zero-order chi connectivity index (χ0) is 10.7. The predicted molar refractivity (Wildman–Crippen MR) is 62.4 cm³/mol. The molecule has 1 aromatic rings. The molecule has 2 rings (SSSR count). The molecule has 78 valence electrons. The van der Waals surface area contributed by atoms with Gasteiger partial charge in [-0.3, -0.25) is 9.79 Å². The Labute approximate surface area is 93.0 Å². The molecule has 0 saturated heterocycles. The van der Waals surface area contributed by atoms with Crippen LogP contribution in [0.5, 0.6) is 0 Å². The highest BCUT2D eigenvalue weighted by Crippen LogP contribution is 2.18. The van der Waals surface area contributed by atoms with Gasteiger partial charge in [-0.15, -0.1) is 11.8 Å². The summed E-state index contributed by atoms with van der Waals surface area (Å²) in [5.74, 6) is 1.72. The van der Waals surface area contributed by atoms with Gasteiger partial charge in [0.2, 0.25) is 5.91 Å². The van der Waals surface area contributed by atoms with E-state index >= 15 is 0 Å². The van der Waals surface area contributed by atoms with Crippen LogP contribution in [0, 0.1) is 0 Å². The van der Waals surface area contributed by atoms with Crippen molar-refractivity contribution >= 4 is 23.5 Å². The van der Waals surface area contributed by atoms with Gasteiger partial charge < -0.3 is 5.32 Å². The summed E-state index contributed by atoms with van der Waals surface area (Å²) in [5, 5.41) is 2.73. The molecule has 1 aromatic carbocycles. The molecule has 1 heterocycles. The first-order chi connectivity index (χ1) is 7.29. The Morgan fingerprint density at radius 1 is 1.40 bits per heavy atom. The molecular formula is C11H12N2OS. The van der Waals surface area contributed by atoms with Crippen LogP contribution in [0.2, 0.25) is 0 Å². The number of hydrogen-bond donors (Lipinski definition) is 1. The summed E-state index contributed by atoms with van der Waals surface area (Å²) in [6, 6.07) is 8.08. The highest BCUT2D eigenvalue weighted by molar-refractivity contribution is 7.99. The first kappa shape index (κ1) is 10.2. The highest BCUT2D eigenvalue weighted by Gasteiger charge is 2.14. The van der Waals surface area contributed by atoms with E-state index in [9.17, 15) is 4.79 Å². The number of nitrogens with zero attached hydrogens (tertiary/aromatic N) is 1. The Morgan fingerprint density at radius 2 is 2.13 bits per heavy atom. The average Bonchev–Trinajstić information content (AvgIpc) is 2.67. The zero-order valence-electron chi connectivity index (χ0n) is 8.49. The van der Waals surface area contributed by atoms with Crippen molar-refractivity contribution in [3.8, 4) is 0 Å². The SMILES string of the molecule is CCSc1ccc(C2=NCC(=O)N2)cc1. The maximum Gasteiger partial charge on any atom is 0.247 e. The summed E-state index contributed by atoms with van der Waals surface area (Å²) in [5.41, 5.74) is 0.973. The number of benzene rings is 1. The lowest BCUT2D eigenvalue weighted by molar-refractivity contribution is -0.117. The number of hydrogen-bond acceptors (Lipinski definition) is 3. The third-order valence-electron chi connectivity index (χ3n) is 2.08. The average molecular weight is 220 g/mol. The molecule has 0 radical (unpaired) electrons. The van der Waals surface area contributed by atoms with Gasteiger partial charge in [-0.25, -0.2) is 0 Å². The molecular weight excluding hydrogens is 208 g/mol. The maximum atomic E-state index is 11.0. The van der Waals surface area contributed by atoms with Gasteiger partial charge >= 0.3 is 0 Å². The van der Waals surface area contributed by atoms with Crippen molar-refractivity contribution in [2.75, 3.05) is 12.3 Å². The molecule has 1 amide bonds. The number of aliphatic imine (C=N–C) groups is 1. The molecule has 0 atom stereocenters. The standard InChI is InChI=1S/C11H12N2OS/c1-2-15-9-5-3-8(4-6-9)11-12-7-10(14)13-11/h3-6H,2,7H2,1H3,(H,12,13,14). The molecule has 0 aliphatic carbocycles. The van der Waals surface area contributed by atoms with Crippen molar-refractivity contribution in [2.45, 2.75) is 11.8 Å². The summed E-state index contributed by atoms with van der Waals surface area (Å²) in [6.45, 7) is 2.38. The highest BCUT2D eigenvalue weighted by atomic mass is 32.2. The predicted octanol–water partition coefficient (Wildman–Crippen LogP) is 1.68. The van der Waals surface area contributed by atoms with Crippen molar-refractivity contribution in [1.82, 2.24) is 5.32 Å². The molecule has 0 fully saturated rings. The Balaban J connectivity index is 2.13. The van der Waals surface area contributed by atoms with Crippen LogP contribution in [-0.4, -0.2) is 24.0 Å². The van der Waals surface area contributed by atoms with E-state index in [1.54, 1.807) is 11.8 Å². The maximum absolute atomic E-state index is 11.0. The van der Waals surface area contributed by atoms with Gasteiger partial charge in [0.05, 0.1) is 0 Å². The number of amidine groups is 1. The summed E-state index contributed by atoms with van der Waals surface area (Å²) in [6.07, 6.45) is 0. The summed E-state index contributed by atoms with van der Waals surface area (Å²) >= 11 is 1.80. The molecule has 1 aliphatic heterocycles. The first-order valence-corrected chi connectivity index (χ1v) is 5.85. The first-order valence-electron chi connectivity index (χ1n) is 4.87. The van der Waals surface area contributed by atoms with Crippen molar-refractivity contribution in [1.29, 1.82) is 0 Å². The van der Waals surface area contributed by atoms with Gasteiger partial charge in [-0.2, -0.15) is 0 Å². The Kier molecular flexibility index (Phi) is 3.06. The second kappa shape index (κ2) is 4.49. The fraction of sp³-hybridized carbons (Fsp3) is 0.273. The monoisotopic (exact) mass is 220 g/mol. The Hall–Kier alpha value is -1.29. The summed E-state index contributed by atoms with van der Waals surface area (Å²) in [4.78, 5) is 16.3. The van der Waals surface area contributed by atoms with Crippen molar-refractivity contribution in [3.05, 3.63) is 29.8 Å². The lowest BCUT2D eigenvalue weighted by atomic mass is 10.2. The fourth-order valence-electron chi connectivity index (χ4n) is 1.40. The van der Waals surface area contributed by atoms with Gasteiger partial charge in [0.25, 0.3) is 0 Å². The van der Waals surface area contributed by atoms with Crippen molar-refractivity contribution < 1.29 is 4.79 Å². The molecule has 4 heteroatoms. The van der Waals surface area contributed by atoms with E-state index in [-0.39, 0.29) is 12.5 Å². The number of rotatable bonds is 3. The van der Waals surface area contributed by atoms with Crippen LogP contribution in [-0.2, 0) is 4.79 Å². The van der Waals surface area contributed by atoms with Crippen molar-refractivity contribution in [2.24, 2.45) is 4.99 Å². The molecule has 0 unspecified atom stereocenters. The third-order valence-corrected chi connectivity index (χ3v) is 2.97. The molecule has 0 aromatic heterocycles. The van der Waals surface area contributed by atoms with Crippen LogP contribution in [0.25, 0.3) is 0 Å². The minimum Gasteiger partial charge on any atom is -0.309 e. The minimum absolute atomic E-state index is 0.0305. The van der Waals surface area contributed by atoms with Crippen LogP contribution in [0.15, 0.2) is 34.2 Å². The van der Waals surface area contributed by atoms with E-state index in [0.717, 1.165) is 11.3 Å². The van der Waals surface area contributed by atoms with Gasteiger partial charge in [0.15, 0.2) is 0 Å².